The SMILES string of the molecule is CCNC(COC1COC1)c1ccc(C(C)(C)C)cc1. The van der Waals surface area contributed by atoms with Crippen LogP contribution in [0.4, 0.5) is 0 Å². The Balaban J connectivity index is 2.00. The highest BCUT2D eigenvalue weighted by Crippen LogP contribution is 2.24. The second kappa shape index (κ2) is 6.70. The third-order valence-electron chi connectivity index (χ3n) is 3.74. The number of rotatable bonds is 6. The molecule has 1 unspecified atom stereocenters. The van der Waals surface area contributed by atoms with E-state index >= 15 is 0 Å². The fourth-order valence-electron chi connectivity index (χ4n) is 2.28. The average molecular weight is 277 g/mol. The lowest BCUT2D eigenvalue weighted by molar-refractivity contribution is -0.133. The van der Waals surface area contributed by atoms with Crippen LogP contribution in [-0.2, 0) is 14.9 Å². The summed E-state index contributed by atoms with van der Waals surface area (Å²) in [6.07, 6.45) is 0.282. The second-order valence-electron chi connectivity index (χ2n) is 6.48. The van der Waals surface area contributed by atoms with Gasteiger partial charge in [0.2, 0.25) is 0 Å². The normalized spacial score (nSPS) is 17.8. The highest BCUT2D eigenvalue weighted by molar-refractivity contribution is 5.29. The van der Waals surface area contributed by atoms with Gasteiger partial charge in [-0.2, -0.15) is 0 Å². The molecule has 0 spiro atoms. The van der Waals surface area contributed by atoms with Crippen molar-refractivity contribution in [3.05, 3.63) is 35.4 Å². The van der Waals surface area contributed by atoms with E-state index < -0.39 is 0 Å². The molecule has 0 bridgehead atoms. The standard InChI is InChI=1S/C17H27NO2/c1-5-18-16(12-20-15-10-19-11-15)13-6-8-14(9-7-13)17(2,3)4/h6-9,15-16,18H,5,10-12H2,1-4H3. The Morgan fingerprint density at radius 2 is 1.90 bits per heavy atom. The van der Waals surface area contributed by atoms with E-state index in [2.05, 4.69) is 57.3 Å². The Labute approximate surface area is 122 Å². The molecule has 20 heavy (non-hydrogen) atoms. The van der Waals surface area contributed by atoms with Crippen molar-refractivity contribution in [2.45, 2.75) is 45.3 Å². The Morgan fingerprint density at radius 1 is 1.25 bits per heavy atom. The number of likely N-dealkylation sites (N-methyl/N-ethyl adjacent to an activating group) is 1. The van der Waals surface area contributed by atoms with Crippen molar-refractivity contribution in [3.8, 4) is 0 Å². The Bertz CT molecular complexity index is 404. The molecule has 112 valence electrons. The predicted molar refractivity (Wildman–Crippen MR) is 82.1 cm³/mol. The van der Waals surface area contributed by atoms with Crippen LogP contribution in [0.5, 0.6) is 0 Å². The van der Waals surface area contributed by atoms with E-state index in [-0.39, 0.29) is 17.6 Å². The van der Waals surface area contributed by atoms with Gasteiger partial charge in [0, 0.05) is 0 Å². The van der Waals surface area contributed by atoms with Gasteiger partial charge in [0.15, 0.2) is 0 Å². The van der Waals surface area contributed by atoms with Crippen molar-refractivity contribution in [1.82, 2.24) is 5.32 Å². The van der Waals surface area contributed by atoms with Crippen molar-refractivity contribution >= 4 is 0 Å². The Hall–Kier alpha value is -0.900. The van der Waals surface area contributed by atoms with Gasteiger partial charge in [0.25, 0.3) is 0 Å². The van der Waals surface area contributed by atoms with Gasteiger partial charge in [-0.1, -0.05) is 52.0 Å². The van der Waals surface area contributed by atoms with E-state index in [1.807, 2.05) is 0 Å². The van der Waals surface area contributed by atoms with Gasteiger partial charge in [-0.25, -0.2) is 0 Å². The summed E-state index contributed by atoms with van der Waals surface area (Å²) in [6, 6.07) is 9.15. The smallest absolute Gasteiger partial charge is 0.104 e. The second-order valence-corrected chi connectivity index (χ2v) is 6.48. The van der Waals surface area contributed by atoms with E-state index in [0.717, 1.165) is 19.8 Å². The van der Waals surface area contributed by atoms with E-state index in [1.54, 1.807) is 0 Å². The molecule has 1 fully saturated rings. The molecule has 0 radical (unpaired) electrons. The lowest BCUT2D eigenvalue weighted by atomic mass is 9.86. The number of hydrogen-bond donors (Lipinski definition) is 1. The van der Waals surface area contributed by atoms with Gasteiger partial charge in [-0.3, -0.25) is 0 Å². The molecule has 1 aromatic rings. The molecule has 1 aliphatic rings. The lowest BCUT2D eigenvalue weighted by Crippen LogP contribution is -2.38. The zero-order valence-corrected chi connectivity index (χ0v) is 13.1. The van der Waals surface area contributed by atoms with Crippen LogP contribution in [0.1, 0.15) is 44.9 Å². The van der Waals surface area contributed by atoms with Gasteiger partial charge in [-0.15, -0.1) is 0 Å². The molecule has 1 N–H and O–H groups in total. The van der Waals surface area contributed by atoms with E-state index in [4.69, 9.17) is 9.47 Å². The molecule has 1 heterocycles. The first-order chi connectivity index (χ1) is 9.50. The molecule has 1 aromatic carbocycles. The molecule has 1 aliphatic heterocycles. The van der Waals surface area contributed by atoms with E-state index in [9.17, 15) is 0 Å². The van der Waals surface area contributed by atoms with Gasteiger partial charge >= 0.3 is 0 Å². The summed E-state index contributed by atoms with van der Waals surface area (Å²) >= 11 is 0. The molecule has 0 saturated carbocycles. The fourth-order valence-corrected chi connectivity index (χ4v) is 2.28. The minimum Gasteiger partial charge on any atom is -0.376 e. The zero-order chi connectivity index (χ0) is 14.6. The summed E-state index contributed by atoms with van der Waals surface area (Å²) in [7, 11) is 0. The first-order valence-corrected chi connectivity index (χ1v) is 7.54. The van der Waals surface area contributed by atoms with Crippen LogP contribution in [-0.4, -0.2) is 32.5 Å². The fraction of sp³-hybridized carbons (Fsp3) is 0.647. The highest BCUT2D eigenvalue weighted by atomic mass is 16.6. The third-order valence-corrected chi connectivity index (χ3v) is 3.74. The zero-order valence-electron chi connectivity index (χ0n) is 13.1. The maximum absolute atomic E-state index is 5.86. The van der Waals surface area contributed by atoms with Gasteiger partial charge < -0.3 is 14.8 Å². The molecular weight excluding hydrogens is 250 g/mol. The molecule has 3 heteroatoms. The van der Waals surface area contributed by atoms with Crippen molar-refractivity contribution in [1.29, 1.82) is 0 Å². The van der Waals surface area contributed by atoms with Crippen LogP contribution in [0.15, 0.2) is 24.3 Å². The lowest BCUT2D eigenvalue weighted by Gasteiger charge is -2.29. The molecule has 0 aromatic heterocycles. The summed E-state index contributed by atoms with van der Waals surface area (Å²) in [5.74, 6) is 0. The largest absolute Gasteiger partial charge is 0.376 e. The summed E-state index contributed by atoms with van der Waals surface area (Å²) in [6.45, 7) is 12.0. The number of benzene rings is 1. The predicted octanol–water partition coefficient (Wildman–Crippen LogP) is 3.05. The molecule has 3 nitrogen and oxygen atoms in total. The van der Waals surface area contributed by atoms with Crippen LogP contribution in [0, 0.1) is 0 Å². The Kier molecular flexibility index (Phi) is 5.19. The first-order valence-electron chi connectivity index (χ1n) is 7.54. The van der Waals surface area contributed by atoms with Crippen LogP contribution >= 0.6 is 0 Å². The van der Waals surface area contributed by atoms with Crippen molar-refractivity contribution in [2.24, 2.45) is 0 Å². The molecular formula is C17H27NO2. The van der Waals surface area contributed by atoms with E-state index in [0.29, 0.717) is 6.61 Å². The summed E-state index contributed by atoms with van der Waals surface area (Å²) < 4.78 is 11.0. The summed E-state index contributed by atoms with van der Waals surface area (Å²) in [4.78, 5) is 0. The quantitative estimate of drug-likeness (QED) is 0.867. The molecule has 1 saturated heterocycles. The maximum atomic E-state index is 5.86. The number of hydrogen-bond acceptors (Lipinski definition) is 3. The maximum Gasteiger partial charge on any atom is 0.104 e. The Morgan fingerprint density at radius 3 is 2.35 bits per heavy atom. The molecule has 2 rings (SSSR count). The number of ether oxygens (including phenoxy) is 2. The van der Waals surface area contributed by atoms with Crippen LogP contribution in [0.25, 0.3) is 0 Å². The van der Waals surface area contributed by atoms with Crippen LogP contribution < -0.4 is 5.32 Å². The third kappa shape index (κ3) is 4.05. The monoisotopic (exact) mass is 277 g/mol. The van der Waals surface area contributed by atoms with Crippen molar-refractivity contribution < 1.29 is 9.47 Å². The van der Waals surface area contributed by atoms with Gasteiger partial charge in [-0.05, 0) is 23.1 Å². The number of nitrogens with one attached hydrogen (secondary N) is 1. The van der Waals surface area contributed by atoms with Crippen LogP contribution in [0.2, 0.25) is 0 Å². The van der Waals surface area contributed by atoms with Crippen molar-refractivity contribution in [3.63, 3.8) is 0 Å². The van der Waals surface area contributed by atoms with Crippen LogP contribution in [0.3, 0.4) is 0 Å². The summed E-state index contributed by atoms with van der Waals surface area (Å²) in [5, 5.41) is 3.49. The minimum atomic E-state index is 0.200. The highest BCUT2D eigenvalue weighted by Gasteiger charge is 2.21. The first kappa shape index (κ1) is 15.5. The van der Waals surface area contributed by atoms with Gasteiger partial charge in [0.05, 0.1) is 25.9 Å². The van der Waals surface area contributed by atoms with E-state index in [1.165, 1.54) is 11.1 Å². The topological polar surface area (TPSA) is 30.5 Å². The minimum absolute atomic E-state index is 0.200. The molecule has 0 aliphatic carbocycles. The average Bonchev–Trinajstić information content (AvgIpc) is 2.35. The summed E-state index contributed by atoms with van der Waals surface area (Å²) in [5.41, 5.74) is 2.86. The molecule has 1 atom stereocenters. The molecule has 0 amide bonds. The van der Waals surface area contributed by atoms with Gasteiger partial charge in [0.1, 0.15) is 6.10 Å². The van der Waals surface area contributed by atoms with Crippen molar-refractivity contribution in [2.75, 3.05) is 26.4 Å².